The molecule has 1 aromatic heterocycles. The zero-order chi connectivity index (χ0) is 13.0. The third kappa shape index (κ3) is 4.20. The van der Waals surface area contributed by atoms with Gasteiger partial charge in [-0.2, -0.15) is 0 Å². The molecule has 7 heteroatoms. The fourth-order valence-electron chi connectivity index (χ4n) is 1.98. The second-order valence-corrected chi connectivity index (χ2v) is 6.07. The van der Waals surface area contributed by atoms with Crippen molar-refractivity contribution in [1.82, 2.24) is 14.8 Å². The Bertz CT molecular complexity index is 405. The zero-order valence-electron chi connectivity index (χ0n) is 10.0. The molecule has 0 saturated carbocycles. The van der Waals surface area contributed by atoms with Gasteiger partial charge in [0.1, 0.15) is 9.34 Å². The molecule has 18 heavy (non-hydrogen) atoms. The number of hydrogen-bond acceptors (Lipinski definition) is 5. The first-order valence-electron chi connectivity index (χ1n) is 5.90. The molecule has 1 fully saturated rings. The summed E-state index contributed by atoms with van der Waals surface area (Å²) in [6.45, 7) is 5.24. The van der Waals surface area contributed by atoms with Crippen LogP contribution in [0, 0.1) is 0 Å². The van der Waals surface area contributed by atoms with Crippen LogP contribution in [-0.2, 0) is 11.3 Å². The molecule has 1 aliphatic rings. The molecule has 1 saturated heterocycles. The van der Waals surface area contributed by atoms with Crippen molar-refractivity contribution in [2.75, 3.05) is 32.7 Å². The van der Waals surface area contributed by atoms with Gasteiger partial charge in [-0.05, 0) is 0 Å². The maximum atomic E-state index is 10.5. The first kappa shape index (κ1) is 13.7. The lowest BCUT2D eigenvalue weighted by molar-refractivity contribution is -0.137. The van der Waals surface area contributed by atoms with Crippen LogP contribution in [0.3, 0.4) is 0 Å². The summed E-state index contributed by atoms with van der Waals surface area (Å²) in [6.07, 6.45) is 1.91. The van der Waals surface area contributed by atoms with E-state index in [2.05, 4.69) is 14.8 Å². The van der Waals surface area contributed by atoms with Crippen LogP contribution in [0.1, 0.15) is 11.4 Å². The molecule has 5 nitrogen and oxygen atoms in total. The van der Waals surface area contributed by atoms with Crippen molar-refractivity contribution in [2.45, 2.75) is 13.0 Å². The lowest BCUT2D eigenvalue weighted by atomic mass is 10.3. The van der Waals surface area contributed by atoms with E-state index in [0.717, 1.165) is 42.1 Å². The van der Waals surface area contributed by atoms with Gasteiger partial charge in [-0.15, -0.1) is 11.3 Å². The number of halogens is 1. The Morgan fingerprint density at radius 3 is 2.61 bits per heavy atom. The molecule has 0 unspecified atom stereocenters. The van der Waals surface area contributed by atoms with Crippen molar-refractivity contribution in [3.05, 3.63) is 15.5 Å². The predicted molar refractivity (Wildman–Crippen MR) is 71.1 cm³/mol. The number of aromatic nitrogens is 1. The summed E-state index contributed by atoms with van der Waals surface area (Å²) >= 11 is 7.36. The fourth-order valence-corrected chi connectivity index (χ4v) is 2.98. The van der Waals surface area contributed by atoms with Gasteiger partial charge in [0.15, 0.2) is 0 Å². The molecule has 2 heterocycles. The highest BCUT2D eigenvalue weighted by atomic mass is 35.5. The van der Waals surface area contributed by atoms with E-state index in [1.165, 1.54) is 11.3 Å². The molecule has 2 rings (SSSR count). The molecule has 0 atom stereocenters. The Balaban J connectivity index is 1.71. The molecule has 0 aromatic carbocycles. The maximum absolute atomic E-state index is 10.5. The molecule has 0 spiro atoms. The van der Waals surface area contributed by atoms with Crippen molar-refractivity contribution in [3.8, 4) is 0 Å². The van der Waals surface area contributed by atoms with Gasteiger partial charge in [0.2, 0.25) is 0 Å². The van der Waals surface area contributed by atoms with E-state index in [-0.39, 0.29) is 6.42 Å². The number of thiazole rings is 1. The number of piperazine rings is 1. The van der Waals surface area contributed by atoms with Gasteiger partial charge < -0.3 is 10.0 Å². The molecular formula is C11H16ClN3O2S. The number of hydrogen-bond donors (Lipinski definition) is 1. The van der Waals surface area contributed by atoms with Crippen LogP contribution in [0.25, 0.3) is 0 Å². The monoisotopic (exact) mass is 289 g/mol. The third-order valence-electron chi connectivity index (χ3n) is 2.99. The molecular weight excluding hydrogens is 274 g/mol. The summed E-state index contributed by atoms with van der Waals surface area (Å²) in [5, 5.41) is 9.68. The van der Waals surface area contributed by atoms with Gasteiger partial charge in [-0.25, -0.2) is 4.98 Å². The Labute approximate surface area is 115 Å². The number of rotatable bonds is 5. The van der Waals surface area contributed by atoms with Gasteiger partial charge in [0, 0.05) is 32.7 Å². The Hall–Kier alpha value is -0.690. The molecule has 1 aromatic rings. The average molecular weight is 290 g/mol. The van der Waals surface area contributed by atoms with Gasteiger partial charge in [0.05, 0.1) is 19.2 Å². The van der Waals surface area contributed by atoms with Crippen LogP contribution in [-0.4, -0.2) is 58.6 Å². The highest BCUT2D eigenvalue weighted by molar-refractivity contribution is 7.15. The summed E-state index contributed by atoms with van der Waals surface area (Å²) in [6, 6.07) is 0. The molecule has 0 radical (unpaired) electrons. The first-order chi connectivity index (χ1) is 8.63. The minimum absolute atomic E-state index is 0.224. The fraction of sp³-hybridized carbons (Fsp3) is 0.636. The number of carboxylic acids is 1. The van der Waals surface area contributed by atoms with Crippen LogP contribution in [0.15, 0.2) is 6.20 Å². The lowest BCUT2D eigenvalue weighted by Gasteiger charge is -2.33. The van der Waals surface area contributed by atoms with E-state index in [1.54, 1.807) is 6.20 Å². The first-order valence-corrected chi connectivity index (χ1v) is 7.09. The topological polar surface area (TPSA) is 56.7 Å². The van der Waals surface area contributed by atoms with Crippen LogP contribution in [0.5, 0.6) is 0 Å². The largest absolute Gasteiger partial charge is 0.481 e. The second-order valence-electron chi connectivity index (χ2n) is 4.32. The smallest absolute Gasteiger partial charge is 0.304 e. The van der Waals surface area contributed by atoms with E-state index < -0.39 is 5.97 Å². The van der Waals surface area contributed by atoms with Crippen molar-refractivity contribution < 1.29 is 9.90 Å². The van der Waals surface area contributed by atoms with E-state index in [9.17, 15) is 4.79 Å². The highest BCUT2D eigenvalue weighted by Gasteiger charge is 2.18. The van der Waals surface area contributed by atoms with Gasteiger partial charge in [-0.1, -0.05) is 11.6 Å². The van der Waals surface area contributed by atoms with E-state index >= 15 is 0 Å². The summed E-state index contributed by atoms with van der Waals surface area (Å²) in [5.74, 6) is -0.727. The van der Waals surface area contributed by atoms with Gasteiger partial charge >= 0.3 is 5.97 Å². The number of carbonyl (C=O) groups is 1. The summed E-state index contributed by atoms with van der Waals surface area (Å²) in [7, 11) is 0. The maximum Gasteiger partial charge on any atom is 0.304 e. The molecule has 0 aliphatic carbocycles. The van der Waals surface area contributed by atoms with Crippen LogP contribution >= 0.6 is 22.9 Å². The van der Waals surface area contributed by atoms with Crippen molar-refractivity contribution >= 4 is 28.9 Å². The quantitative estimate of drug-likeness (QED) is 0.888. The van der Waals surface area contributed by atoms with E-state index in [1.807, 2.05) is 0 Å². The second kappa shape index (κ2) is 6.47. The number of carboxylic acid groups (broad SMARTS) is 1. The van der Waals surface area contributed by atoms with Crippen molar-refractivity contribution in [3.63, 3.8) is 0 Å². The lowest BCUT2D eigenvalue weighted by Crippen LogP contribution is -2.46. The SMILES string of the molecule is O=C(O)CCN1CCN(Cc2ncc(Cl)s2)CC1. The summed E-state index contributed by atoms with van der Waals surface area (Å²) in [5.41, 5.74) is 0. The average Bonchev–Trinajstić information content (AvgIpc) is 2.74. The molecule has 1 aliphatic heterocycles. The molecule has 100 valence electrons. The Kier molecular flexibility index (Phi) is 4.94. The summed E-state index contributed by atoms with van der Waals surface area (Å²) in [4.78, 5) is 19.3. The van der Waals surface area contributed by atoms with Crippen LogP contribution in [0.4, 0.5) is 0 Å². The normalized spacial score (nSPS) is 18.1. The predicted octanol–water partition coefficient (Wildman–Crippen LogP) is 1.39. The van der Waals surface area contributed by atoms with E-state index in [0.29, 0.717) is 6.54 Å². The molecule has 1 N–H and O–H groups in total. The number of nitrogens with zero attached hydrogens (tertiary/aromatic N) is 3. The van der Waals surface area contributed by atoms with Gasteiger partial charge in [0.25, 0.3) is 0 Å². The summed E-state index contributed by atoms with van der Waals surface area (Å²) < 4.78 is 0.727. The Morgan fingerprint density at radius 2 is 2.06 bits per heavy atom. The zero-order valence-corrected chi connectivity index (χ0v) is 11.6. The highest BCUT2D eigenvalue weighted by Crippen LogP contribution is 2.20. The molecule has 0 bridgehead atoms. The molecule has 0 amide bonds. The minimum Gasteiger partial charge on any atom is -0.481 e. The standard InChI is InChI=1S/C11H16ClN3O2S/c12-9-7-13-10(18-9)8-15-5-3-14(4-6-15)2-1-11(16)17/h7H,1-6,8H2,(H,16,17). The van der Waals surface area contributed by atoms with Crippen LogP contribution < -0.4 is 0 Å². The van der Waals surface area contributed by atoms with E-state index in [4.69, 9.17) is 16.7 Å². The third-order valence-corrected chi connectivity index (χ3v) is 4.09. The van der Waals surface area contributed by atoms with Crippen LogP contribution in [0.2, 0.25) is 4.34 Å². The van der Waals surface area contributed by atoms with Gasteiger partial charge in [-0.3, -0.25) is 9.69 Å². The van der Waals surface area contributed by atoms with Crippen molar-refractivity contribution in [2.24, 2.45) is 0 Å². The van der Waals surface area contributed by atoms with Crippen molar-refractivity contribution in [1.29, 1.82) is 0 Å². The minimum atomic E-state index is -0.727. The Morgan fingerprint density at radius 1 is 1.39 bits per heavy atom. The number of aliphatic carboxylic acids is 1.